The van der Waals surface area contributed by atoms with Gasteiger partial charge in [-0.25, -0.2) is 0 Å². The van der Waals surface area contributed by atoms with E-state index in [4.69, 9.17) is 5.26 Å². The molecule has 0 aliphatic rings. The number of carbonyl (C=O) groups is 2. The fraction of sp³-hybridized carbons (Fsp3) is 0.105. The number of rotatable bonds is 4. The highest BCUT2D eigenvalue weighted by Crippen LogP contribution is 2.29. The van der Waals surface area contributed by atoms with E-state index in [1.165, 1.54) is 37.3 Å². The molecule has 0 aliphatic heterocycles. The van der Waals surface area contributed by atoms with Crippen LogP contribution in [0.2, 0.25) is 0 Å². The van der Waals surface area contributed by atoms with Crippen LogP contribution in [0.5, 0.6) is 0 Å². The van der Waals surface area contributed by atoms with Gasteiger partial charge in [-0.3, -0.25) is 9.59 Å². The van der Waals surface area contributed by atoms with E-state index in [1.807, 2.05) is 0 Å². The van der Waals surface area contributed by atoms with Gasteiger partial charge in [0, 0.05) is 18.3 Å². The number of alkyl halides is 3. The number of amides is 2. The molecule has 2 rings (SSSR count). The lowest BCUT2D eigenvalue weighted by Crippen LogP contribution is -2.13. The lowest BCUT2D eigenvalue weighted by Gasteiger charge is -2.07. The van der Waals surface area contributed by atoms with Crippen molar-refractivity contribution in [3.05, 3.63) is 65.2 Å². The fourth-order valence-electron chi connectivity index (χ4n) is 2.12. The molecule has 2 aromatic rings. The molecule has 0 saturated heterocycles. The lowest BCUT2D eigenvalue weighted by atomic mass is 10.1. The van der Waals surface area contributed by atoms with E-state index >= 15 is 0 Å². The summed E-state index contributed by atoms with van der Waals surface area (Å²) in [6, 6.07) is 12.0. The molecule has 0 radical (unpaired) electrons. The van der Waals surface area contributed by atoms with Crippen molar-refractivity contribution >= 4 is 29.3 Å². The first-order chi connectivity index (χ1) is 12.7. The quantitative estimate of drug-likeness (QED) is 0.622. The molecule has 0 heterocycles. The van der Waals surface area contributed by atoms with Gasteiger partial charge in [-0.15, -0.1) is 0 Å². The predicted molar refractivity (Wildman–Crippen MR) is 94.4 cm³/mol. The van der Waals surface area contributed by atoms with E-state index in [0.29, 0.717) is 11.4 Å². The van der Waals surface area contributed by atoms with Crippen LogP contribution < -0.4 is 10.6 Å². The maximum atomic E-state index is 12.6. The maximum absolute atomic E-state index is 12.6. The second-order valence-electron chi connectivity index (χ2n) is 5.50. The predicted octanol–water partition coefficient (Wildman–Crippen LogP) is 4.21. The highest BCUT2D eigenvalue weighted by molar-refractivity contribution is 6.09. The molecule has 8 heteroatoms. The number of halogens is 3. The molecule has 5 nitrogen and oxygen atoms in total. The van der Waals surface area contributed by atoms with Crippen molar-refractivity contribution in [3.8, 4) is 6.07 Å². The lowest BCUT2D eigenvalue weighted by molar-refractivity contribution is -0.137. The number of anilines is 2. The summed E-state index contributed by atoms with van der Waals surface area (Å²) in [5, 5.41) is 14.2. The summed E-state index contributed by atoms with van der Waals surface area (Å²) < 4.78 is 37.7. The van der Waals surface area contributed by atoms with Crippen LogP contribution in [0.25, 0.3) is 6.08 Å². The van der Waals surface area contributed by atoms with Crippen molar-refractivity contribution in [2.75, 3.05) is 10.6 Å². The number of nitrogens with zero attached hydrogens (tertiary/aromatic N) is 1. The van der Waals surface area contributed by atoms with E-state index in [-0.39, 0.29) is 17.0 Å². The van der Waals surface area contributed by atoms with Gasteiger partial charge in [0.05, 0.1) is 5.56 Å². The Labute approximate surface area is 153 Å². The third-order valence-corrected chi connectivity index (χ3v) is 3.38. The van der Waals surface area contributed by atoms with Gasteiger partial charge < -0.3 is 10.6 Å². The smallest absolute Gasteiger partial charge is 0.326 e. The van der Waals surface area contributed by atoms with Crippen molar-refractivity contribution in [2.24, 2.45) is 0 Å². The second kappa shape index (κ2) is 8.19. The maximum Gasteiger partial charge on any atom is 0.416 e. The minimum absolute atomic E-state index is 0.238. The molecule has 138 valence electrons. The monoisotopic (exact) mass is 373 g/mol. The van der Waals surface area contributed by atoms with Gasteiger partial charge in [-0.2, -0.15) is 18.4 Å². The molecule has 0 aromatic heterocycles. The van der Waals surface area contributed by atoms with Crippen LogP contribution in [0.1, 0.15) is 18.1 Å². The molecule has 2 N–H and O–H groups in total. The molecule has 0 unspecified atom stereocenters. The van der Waals surface area contributed by atoms with E-state index in [9.17, 15) is 22.8 Å². The van der Waals surface area contributed by atoms with Gasteiger partial charge in [0.2, 0.25) is 5.91 Å². The number of carbonyl (C=O) groups excluding carboxylic acids is 2. The van der Waals surface area contributed by atoms with Gasteiger partial charge >= 0.3 is 6.18 Å². The van der Waals surface area contributed by atoms with Gasteiger partial charge in [-0.05, 0) is 48.0 Å². The molecule has 0 saturated carbocycles. The van der Waals surface area contributed by atoms with Gasteiger partial charge in [0.15, 0.2) is 0 Å². The Kier molecular flexibility index (Phi) is 5.98. The van der Waals surface area contributed by atoms with Crippen molar-refractivity contribution in [1.82, 2.24) is 0 Å². The average molecular weight is 373 g/mol. The van der Waals surface area contributed by atoms with Crippen LogP contribution in [0.3, 0.4) is 0 Å². The second-order valence-corrected chi connectivity index (χ2v) is 5.50. The normalized spacial score (nSPS) is 11.4. The molecule has 2 aromatic carbocycles. The zero-order valence-electron chi connectivity index (χ0n) is 14.1. The van der Waals surface area contributed by atoms with E-state index in [0.717, 1.165) is 12.1 Å². The number of hydrogen-bond donors (Lipinski definition) is 2. The molecular weight excluding hydrogens is 359 g/mol. The summed E-state index contributed by atoms with van der Waals surface area (Å²) in [6.45, 7) is 1.36. The van der Waals surface area contributed by atoms with Gasteiger partial charge in [-0.1, -0.05) is 12.1 Å². The number of nitriles is 1. The summed E-state index contributed by atoms with van der Waals surface area (Å²) in [6.07, 6.45) is -3.26. The van der Waals surface area contributed by atoms with E-state index in [1.54, 1.807) is 18.2 Å². The first-order valence-corrected chi connectivity index (χ1v) is 7.67. The zero-order chi connectivity index (χ0) is 20.0. The van der Waals surface area contributed by atoms with Crippen molar-refractivity contribution in [3.63, 3.8) is 0 Å². The Morgan fingerprint density at radius 3 is 1.93 bits per heavy atom. The van der Waals surface area contributed by atoms with Crippen LogP contribution in [0.4, 0.5) is 24.5 Å². The van der Waals surface area contributed by atoms with Gasteiger partial charge in [0.25, 0.3) is 5.91 Å². The van der Waals surface area contributed by atoms with Gasteiger partial charge in [0.1, 0.15) is 11.6 Å². The van der Waals surface area contributed by atoms with Crippen LogP contribution in [-0.2, 0) is 15.8 Å². The summed E-state index contributed by atoms with van der Waals surface area (Å²) >= 11 is 0. The highest BCUT2D eigenvalue weighted by atomic mass is 19.4. The summed E-state index contributed by atoms with van der Waals surface area (Å²) in [4.78, 5) is 23.2. The highest BCUT2D eigenvalue weighted by Gasteiger charge is 2.29. The minimum Gasteiger partial charge on any atom is -0.326 e. The SMILES string of the molecule is CC(=O)Nc1ccc(NC(=O)/C(C#N)=C/c2ccc(C(F)(F)F)cc2)cc1. The first kappa shape index (κ1) is 19.7. The van der Waals surface area contributed by atoms with Crippen molar-refractivity contribution in [1.29, 1.82) is 5.26 Å². The third-order valence-electron chi connectivity index (χ3n) is 3.38. The molecular formula is C19H14F3N3O2. The summed E-state index contributed by atoms with van der Waals surface area (Å²) in [5.41, 5.74) is 0.141. The molecule has 0 spiro atoms. The fourth-order valence-corrected chi connectivity index (χ4v) is 2.12. The third kappa shape index (κ3) is 5.71. The molecule has 2 amide bonds. The Morgan fingerprint density at radius 1 is 0.963 bits per heavy atom. The van der Waals surface area contributed by atoms with Crippen molar-refractivity contribution in [2.45, 2.75) is 13.1 Å². The molecule has 0 bridgehead atoms. The molecule has 0 fully saturated rings. The Morgan fingerprint density at radius 2 is 1.48 bits per heavy atom. The molecule has 0 aliphatic carbocycles. The van der Waals surface area contributed by atoms with Crippen LogP contribution >= 0.6 is 0 Å². The summed E-state index contributed by atoms with van der Waals surface area (Å²) in [5.74, 6) is -0.942. The van der Waals surface area contributed by atoms with Crippen LogP contribution in [0, 0.1) is 11.3 Å². The topological polar surface area (TPSA) is 82.0 Å². The molecule has 27 heavy (non-hydrogen) atoms. The minimum atomic E-state index is -4.46. The van der Waals surface area contributed by atoms with Crippen LogP contribution in [-0.4, -0.2) is 11.8 Å². The van der Waals surface area contributed by atoms with Crippen LogP contribution in [0.15, 0.2) is 54.1 Å². The summed E-state index contributed by atoms with van der Waals surface area (Å²) in [7, 11) is 0. The van der Waals surface area contributed by atoms with E-state index < -0.39 is 17.6 Å². The standard InChI is InChI=1S/C19H14F3N3O2/c1-12(26)24-16-6-8-17(9-7-16)25-18(27)14(11-23)10-13-2-4-15(5-3-13)19(20,21)22/h2-10H,1H3,(H,24,26)(H,25,27)/b14-10+. The van der Waals surface area contributed by atoms with E-state index in [2.05, 4.69) is 10.6 Å². The first-order valence-electron chi connectivity index (χ1n) is 7.67. The Hall–Kier alpha value is -3.60. The Balaban J connectivity index is 2.12. The van der Waals surface area contributed by atoms with Crippen molar-refractivity contribution < 1.29 is 22.8 Å². The number of benzene rings is 2. The average Bonchev–Trinajstić information content (AvgIpc) is 2.60. The molecule has 0 atom stereocenters. The number of nitrogens with one attached hydrogen (secondary N) is 2. The zero-order valence-corrected chi connectivity index (χ0v) is 14.1. The number of hydrogen-bond acceptors (Lipinski definition) is 3. The largest absolute Gasteiger partial charge is 0.416 e. The Bertz CT molecular complexity index is 909.